The minimum atomic E-state index is 0.264. The van der Waals surface area contributed by atoms with E-state index < -0.39 is 0 Å². The summed E-state index contributed by atoms with van der Waals surface area (Å²) in [6.07, 6.45) is 2.48. The predicted molar refractivity (Wildman–Crippen MR) is 74.6 cm³/mol. The summed E-state index contributed by atoms with van der Waals surface area (Å²) in [5.74, 6) is 2.07. The second-order valence-corrected chi connectivity index (χ2v) is 5.07. The van der Waals surface area contributed by atoms with E-state index in [0.29, 0.717) is 13.2 Å². The summed E-state index contributed by atoms with van der Waals surface area (Å²) in [6.45, 7) is 1.18. The van der Waals surface area contributed by atoms with Gasteiger partial charge in [0.1, 0.15) is 11.5 Å². The highest BCUT2D eigenvalue weighted by molar-refractivity contribution is 9.10. The first-order chi connectivity index (χ1) is 8.78. The quantitative estimate of drug-likeness (QED) is 0.891. The molecule has 1 heterocycles. The second kappa shape index (κ2) is 6.61. The van der Waals surface area contributed by atoms with E-state index in [-0.39, 0.29) is 5.92 Å². The second-order valence-electron chi connectivity index (χ2n) is 4.15. The lowest BCUT2D eigenvalue weighted by Gasteiger charge is -2.14. The van der Waals surface area contributed by atoms with Gasteiger partial charge in [-0.1, -0.05) is 15.9 Å². The van der Waals surface area contributed by atoms with Gasteiger partial charge in [-0.15, -0.1) is 0 Å². The molecule has 0 aliphatic heterocycles. The largest absolute Gasteiger partial charge is 0.493 e. The van der Waals surface area contributed by atoms with Gasteiger partial charge < -0.3 is 14.9 Å². The highest BCUT2D eigenvalue weighted by atomic mass is 79.9. The summed E-state index contributed by atoms with van der Waals surface area (Å²) >= 11 is 3.39. The Balaban J connectivity index is 1.85. The molecule has 0 saturated carbocycles. The van der Waals surface area contributed by atoms with E-state index in [2.05, 4.69) is 15.9 Å². The first kappa shape index (κ1) is 13.2. The molecule has 1 atom stereocenters. The Bertz CT molecular complexity index is 453. The first-order valence-corrected chi connectivity index (χ1v) is 6.68. The van der Waals surface area contributed by atoms with E-state index >= 15 is 0 Å². The molecule has 0 bridgehead atoms. The van der Waals surface area contributed by atoms with Crippen LogP contribution in [0.25, 0.3) is 0 Å². The molecular weight excluding hydrogens is 294 g/mol. The standard InChI is InChI=1S/C14H16BrNO2/c15-12-3-5-13(6-4-12)18-10-11(9-16)8-14-2-1-7-17-14/h1-7,11H,8-10,16H2. The van der Waals surface area contributed by atoms with Crippen LogP contribution in [-0.4, -0.2) is 13.2 Å². The number of ether oxygens (including phenoxy) is 1. The molecule has 18 heavy (non-hydrogen) atoms. The van der Waals surface area contributed by atoms with Crippen molar-refractivity contribution < 1.29 is 9.15 Å². The van der Waals surface area contributed by atoms with Gasteiger partial charge in [-0.3, -0.25) is 0 Å². The Morgan fingerprint density at radius 2 is 2.00 bits per heavy atom. The molecule has 0 spiro atoms. The molecule has 0 aliphatic rings. The van der Waals surface area contributed by atoms with Crippen molar-refractivity contribution in [1.82, 2.24) is 0 Å². The molecule has 0 radical (unpaired) electrons. The van der Waals surface area contributed by atoms with Crippen molar-refractivity contribution in [3.63, 3.8) is 0 Å². The molecule has 2 N–H and O–H groups in total. The molecule has 2 rings (SSSR count). The fraction of sp³-hybridized carbons (Fsp3) is 0.286. The highest BCUT2D eigenvalue weighted by Crippen LogP contribution is 2.17. The molecule has 96 valence electrons. The van der Waals surface area contributed by atoms with Crippen molar-refractivity contribution in [2.45, 2.75) is 6.42 Å². The van der Waals surface area contributed by atoms with Gasteiger partial charge >= 0.3 is 0 Å². The summed E-state index contributed by atoms with van der Waals surface area (Å²) in [6, 6.07) is 11.6. The van der Waals surface area contributed by atoms with Crippen LogP contribution in [0.4, 0.5) is 0 Å². The number of benzene rings is 1. The molecule has 0 fully saturated rings. The van der Waals surface area contributed by atoms with Gasteiger partial charge in [0.15, 0.2) is 0 Å². The van der Waals surface area contributed by atoms with Crippen LogP contribution in [0.15, 0.2) is 51.6 Å². The molecule has 1 aromatic heterocycles. The Kier molecular flexibility index (Phi) is 4.84. The molecule has 0 aliphatic carbocycles. The maximum absolute atomic E-state index is 5.75. The fourth-order valence-electron chi connectivity index (χ4n) is 1.67. The summed E-state index contributed by atoms with van der Waals surface area (Å²) < 4.78 is 12.1. The Morgan fingerprint density at radius 1 is 1.22 bits per heavy atom. The summed E-state index contributed by atoms with van der Waals surface area (Å²) in [5.41, 5.74) is 5.75. The van der Waals surface area contributed by atoms with Crippen LogP contribution in [0, 0.1) is 5.92 Å². The molecular formula is C14H16BrNO2. The number of hydrogen-bond donors (Lipinski definition) is 1. The van der Waals surface area contributed by atoms with Gasteiger partial charge in [-0.05, 0) is 42.9 Å². The van der Waals surface area contributed by atoms with Crippen LogP contribution >= 0.6 is 15.9 Å². The monoisotopic (exact) mass is 309 g/mol. The van der Waals surface area contributed by atoms with Crippen molar-refractivity contribution >= 4 is 15.9 Å². The topological polar surface area (TPSA) is 48.4 Å². The Labute approximate surface area is 115 Å². The first-order valence-electron chi connectivity index (χ1n) is 5.88. The number of halogens is 1. The van der Waals surface area contributed by atoms with Crippen LogP contribution in [-0.2, 0) is 6.42 Å². The van der Waals surface area contributed by atoms with Gasteiger partial charge in [-0.2, -0.15) is 0 Å². The molecule has 0 amide bonds. The summed E-state index contributed by atoms with van der Waals surface area (Å²) in [5, 5.41) is 0. The van der Waals surface area contributed by atoms with Crippen molar-refractivity contribution in [2.75, 3.05) is 13.2 Å². The lowest BCUT2D eigenvalue weighted by Crippen LogP contribution is -2.23. The van der Waals surface area contributed by atoms with E-state index in [4.69, 9.17) is 14.9 Å². The van der Waals surface area contributed by atoms with E-state index in [9.17, 15) is 0 Å². The van der Waals surface area contributed by atoms with E-state index in [1.165, 1.54) is 0 Å². The third kappa shape index (κ3) is 3.89. The minimum Gasteiger partial charge on any atom is -0.493 e. The minimum absolute atomic E-state index is 0.264. The third-order valence-electron chi connectivity index (χ3n) is 2.70. The third-order valence-corrected chi connectivity index (χ3v) is 3.23. The molecule has 0 saturated heterocycles. The zero-order valence-corrected chi connectivity index (χ0v) is 11.6. The molecule has 3 nitrogen and oxygen atoms in total. The van der Waals surface area contributed by atoms with E-state index in [0.717, 1.165) is 22.4 Å². The zero-order valence-electron chi connectivity index (χ0n) is 10.0. The number of hydrogen-bond acceptors (Lipinski definition) is 3. The normalized spacial score (nSPS) is 12.3. The average molecular weight is 310 g/mol. The molecule has 4 heteroatoms. The lowest BCUT2D eigenvalue weighted by atomic mass is 10.1. The maximum atomic E-state index is 5.75. The van der Waals surface area contributed by atoms with Gasteiger partial charge in [0, 0.05) is 16.8 Å². The predicted octanol–water partition coefficient (Wildman–Crippen LogP) is 3.24. The van der Waals surface area contributed by atoms with Crippen molar-refractivity contribution in [2.24, 2.45) is 11.7 Å². The zero-order chi connectivity index (χ0) is 12.8. The number of nitrogens with two attached hydrogens (primary N) is 1. The van der Waals surface area contributed by atoms with Crippen molar-refractivity contribution in [3.8, 4) is 5.75 Å². The molecule has 1 aromatic carbocycles. The van der Waals surface area contributed by atoms with Crippen LogP contribution in [0.1, 0.15) is 5.76 Å². The van der Waals surface area contributed by atoms with E-state index in [1.54, 1.807) is 6.26 Å². The van der Waals surface area contributed by atoms with Crippen molar-refractivity contribution in [1.29, 1.82) is 0 Å². The van der Waals surface area contributed by atoms with Crippen LogP contribution in [0.2, 0.25) is 0 Å². The Morgan fingerprint density at radius 3 is 2.61 bits per heavy atom. The number of furan rings is 1. The number of rotatable bonds is 6. The fourth-order valence-corrected chi connectivity index (χ4v) is 1.93. The van der Waals surface area contributed by atoms with E-state index in [1.807, 2.05) is 36.4 Å². The molecule has 1 unspecified atom stereocenters. The van der Waals surface area contributed by atoms with Gasteiger partial charge in [-0.25, -0.2) is 0 Å². The van der Waals surface area contributed by atoms with Crippen molar-refractivity contribution in [3.05, 3.63) is 52.9 Å². The smallest absolute Gasteiger partial charge is 0.119 e. The lowest BCUT2D eigenvalue weighted by molar-refractivity contribution is 0.245. The van der Waals surface area contributed by atoms with Gasteiger partial charge in [0.05, 0.1) is 12.9 Å². The van der Waals surface area contributed by atoms with Gasteiger partial charge in [0.2, 0.25) is 0 Å². The maximum Gasteiger partial charge on any atom is 0.119 e. The SMILES string of the molecule is NCC(COc1ccc(Br)cc1)Cc1ccco1. The molecule has 2 aromatic rings. The van der Waals surface area contributed by atoms with Crippen LogP contribution < -0.4 is 10.5 Å². The van der Waals surface area contributed by atoms with Gasteiger partial charge in [0.25, 0.3) is 0 Å². The van der Waals surface area contributed by atoms with Crippen LogP contribution in [0.5, 0.6) is 5.75 Å². The average Bonchev–Trinajstić information content (AvgIpc) is 2.89. The Hall–Kier alpha value is -1.26. The summed E-state index contributed by atoms with van der Waals surface area (Å²) in [7, 11) is 0. The highest BCUT2D eigenvalue weighted by Gasteiger charge is 2.10. The summed E-state index contributed by atoms with van der Waals surface area (Å²) in [4.78, 5) is 0. The van der Waals surface area contributed by atoms with Crippen LogP contribution in [0.3, 0.4) is 0 Å².